The van der Waals surface area contributed by atoms with Gasteiger partial charge in [-0.25, -0.2) is 17.9 Å². The van der Waals surface area contributed by atoms with Gasteiger partial charge in [-0.1, -0.05) is 13.8 Å². The highest BCUT2D eigenvalue weighted by Crippen LogP contribution is 2.17. The van der Waals surface area contributed by atoms with Crippen LogP contribution in [-0.2, 0) is 24.1 Å². The van der Waals surface area contributed by atoms with Gasteiger partial charge < -0.3 is 10.3 Å². The largest absolute Gasteiger partial charge is 0.330 e. The summed E-state index contributed by atoms with van der Waals surface area (Å²) >= 11 is 0. The molecular weight excluding hydrogens is 296 g/mol. The highest BCUT2D eigenvalue weighted by molar-refractivity contribution is 7.89. The summed E-state index contributed by atoms with van der Waals surface area (Å²) in [6.45, 7) is 5.40. The first-order chi connectivity index (χ1) is 9.46. The average molecular weight is 318 g/mol. The van der Waals surface area contributed by atoms with Gasteiger partial charge in [-0.15, -0.1) is 0 Å². The van der Waals surface area contributed by atoms with Gasteiger partial charge >= 0.3 is 5.69 Å². The van der Waals surface area contributed by atoms with Crippen LogP contribution in [0.25, 0.3) is 0 Å². The third-order valence-electron chi connectivity index (χ3n) is 3.77. The van der Waals surface area contributed by atoms with Crippen molar-refractivity contribution in [2.75, 3.05) is 6.54 Å². The molecular formula is C12H22N4O4S. The maximum absolute atomic E-state index is 12.5. The summed E-state index contributed by atoms with van der Waals surface area (Å²) in [5.41, 5.74) is 3.30. The summed E-state index contributed by atoms with van der Waals surface area (Å²) in [7, 11) is -1.48. The molecule has 8 nitrogen and oxygen atoms in total. The molecule has 0 aliphatic heterocycles. The van der Waals surface area contributed by atoms with Gasteiger partial charge in [0.15, 0.2) is 4.90 Å². The molecule has 0 aromatic carbocycles. The van der Waals surface area contributed by atoms with Crippen LogP contribution < -0.4 is 21.7 Å². The van der Waals surface area contributed by atoms with Gasteiger partial charge in [0.1, 0.15) is 0 Å². The van der Waals surface area contributed by atoms with Gasteiger partial charge in [0, 0.05) is 32.4 Å². The van der Waals surface area contributed by atoms with E-state index in [0.717, 1.165) is 15.3 Å². The van der Waals surface area contributed by atoms with E-state index in [9.17, 15) is 18.0 Å². The highest BCUT2D eigenvalue weighted by atomic mass is 32.2. The topological polar surface area (TPSA) is 116 Å². The highest BCUT2D eigenvalue weighted by Gasteiger charge is 2.34. The Hall–Kier alpha value is -1.45. The molecule has 0 radical (unpaired) electrons. The van der Waals surface area contributed by atoms with Crippen molar-refractivity contribution in [3.8, 4) is 0 Å². The minimum atomic E-state index is -4.09. The lowest BCUT2D eigenvalue weighted by Crippen LogP contribution is -2.56. The van der Waals surface area contributed by atoms with E-state index < -0.39 is 31.7 Å². The third-order valence-corrected chi connectivity index (χ3v) is 5.36. The Morgan fingerprint density at radius 1 is 1.33 bits per heavy atom. The van der Waals surface area contributed by atoms with Crippen LogP contribution in [0.2, 0.25) is 0 Å². The van der Waals surface area contributed by atoms with E-state index in [1.165, 1.54) is 14.1 Å². The second-order valence-corrected chi connectivity index (χ2v) is 7.28. The summed E-state index contributed by atoms with van der Waals surface area (Å²) in [4.78, 5) is 23.2. The number of nitrogens with two attached hydrogens (primary N) is 1. The molecule has 0 aliphatic carbocycles. The van der Waals surface area contributed by atoms with Crippen molar-refractivity contribution in [2.24, 2.45) is 25.7 Å². The van der Waals surface area contributed by atoms with Crippen molar-refractivity contribution >= 4 is 10.0 Å². The summed E-state index contributed by atoms with van der Waals surface area (Å²) in [6.07, 6.45) is 1.02. The molecule has 1 aromatic heterocycles. The van der Waals surface area contributed by atoms with Gasteiger partial charge in [0.25, 0.3) is 5.56 Å². The van der Waals surface area contributed by atoms with Crippen LogP contribution in [0.1, 0.15) is 20.8 Å². The Bertz CT molecular complexity index is 748. The Labute approximate surface area is 123 Å². The van der Waals surface area contributed by atoms with Crippen LogP contribution in [0.3, 0.4) is 0 Å². The second-order valence-electron chi connectivity index (χ2n) is 5.63. The number of rotatable bonds is 5. The Morgan fingerprint density at radius 3 is 2.29 bits per heavy atom. The third kappa shape index (κ3) is 3.25. The monoisotopic (exact) mass is 318 g/mol. The van der Waals surface area contributed by atoms with Crippen LogP contribution in [0.5, 0.6) is 0 Å². The number of nitrogens with zero attached hydrogens (tertiary/aromatic N) is 2. The van der Waals surface area contributed by atoms with E-state index in [1.54, 1.807) is 6.92 Å². The average Bonchev–Trinajstić information content (AvgIpc) is 2.39. The van der Waals surface area contributed by atoms with Crippen molar-refractivity contribution < 1.29 is 8.42 Å². The number of aryl methyl sites for hydroxylation is 1. The van der Waals surface area contributed by atoms with Gasteiger partial charge in [-0.2, -0.15) is 0 Å². The Kier molecular flexibility index (Phi) is 4.81. The zero-order valence-corrected chi connectivity index (χ0v) is 13.7. The molecule has 0 fully saturated rings. The van der Waals surface area contributed by atoms with Crippen molar-refractivity contribution in [2.45, 2.75) is 31.2 Å². The molecule has 0 bridgehead atoms. The lowest BCUT2D eigenvalue weighted by atomic mass is 9.90. The quantitative estimate of drug-likeness (QED) is 0.702. The van der Waals surface area contributed by atoms with E-state index >= 15 is 0 Å². The van der Waals surface area contributed by atoms with Crippen molar-refractivity contribution in [1.82, 2.24) is 13.9 Å². The molecule has 0 saturated carbocycles. The fraction of sp³-hybridized carbons (Fsp3) is 0.667. The zero-order valence-electron chi connectivity index (χ0n) is 12.9. The van der Waals surface area contributed by atoms with Crippen LogP contribution in [0, 0.1) is 5.92 Å². The molecule has 1 atom stereocenters. The van der Waals surface area contributed by atoms with Gasteiger partial charge in [0.2, 0.25) is 10.0 Å². The number of hydrogen-bond acceptors (Lipinski definition) is 5. The smallest absolute Gasteiger partial charge is 0.329 e. The maximum atomic E-state index is 12.5. The van der Waals surface area contributed by atoms with E-state index in [4.69, 9.17) is 5.73 Å². The van der Waals surface area contributed by atoms with Crippen LogP contribution in [0.4, 0.5) is 0 Å². The van der Waals surface area contributed by atoms with Crippen molar-refractivity contribution in [3.05, 3.63) is 27.0 Å². The fourth-order valence-electron chi connectivity index (χ4n) is 1.72. The first kappa shape index (κ1) is 17.6. The van der Waals surface area contributed by atoms with E-state index in [2.05, 4.69) is 4.72 Å². The van der Waals surface area contributed by atoms with Crippen LogP contribution in [-0.4, -0.2) is 29.6 Å². The predicted octanol–water partition coefficient (Wildman–Crippen LogP) is -1.26. The van der Waals surface area contributed by atoms with E-state index in [0.29, 0.717) is 0 Å². The first-order valence-electron chi connectivity index (χ1n) is 6.47. The molecule has 1 rings (SSSR count). The van der Waals surface area contributed by atoms with Gasteiger partial charge in [-0.05, 0) is 12.8 Å². The number of aromatic nitrogens is 2. The lowest BCUT2D eigenvalue weighted by molar-refractivity contribution is 0.314. The van der Waals surface area contributed by atoms with Crippen LogP contribution >= 0.6 is 0 Å². The minimum Gasteiger partial charge on any atom is -0.329 e. The molecule has 1 unspecified atom stereocenters. The SMILES string of the molecule is CC(C)C(C)(CN)NS(=O)(=O)c1cn(C)c(=O)n(C)c1=O. The van der Waals surface area contributed by atoms with E-state index in [-0.39, 0.29) is 12.5 Å². The Morgan fingerprint density at radius 2 is 1.86 bits per heavy atom. The van der Waals surface area contributed by atoms with Crippen LogP contribution in [0.15, 0.2) is 20.7 Å². The molecule has 0 saturated heterocycles. The summed E-state index contributed by atoms with van der Waals surface area (Å²) in [6, 6.07) is 0. The van der Waals surface area contributed by atoms with Crippen molar-refractivity contribution in [1.29, 1.82) is 0 Å². The number of sulfonamides is 1. The van der Waals surface area contributed by atoms with E-state index in [1.807, 2.05) is 13.8 Å². The van der Waals surface area contributed by atoms with Gasteiger partial charge in [0.05, 0.1) is 0 Å². The Balaban J connectivity index is 3.47. The standard InChI is InChI=1S/C12H22N4O4S/c1-8(2)12(3,7-13)14-21(19,20)9-6-15(4)11(18)16(5)10(9)17/h6,8,14H,7,13H2,1-5H3. The van der Waals surface area contributed by atoms with Crippen molar-refractivity contribution in [3.63, 3.8) is 0 Å². The maximum Gasteiger partial charge on any atom is 0.330 e. The second kappa shape index (κ2) is 5.74. The zero-order chi connectivity index (χ0) is 16.6. The molecule has 21 heavy (non-hydrogen) atoms. The molecule has 3 N–H and O–H groups in total. The lowest BCUT2D eigenvalue weighted by Gasteiger charge is -2.32. The minimum absolute atomic E-state index is 0.0753. The molecule has 0 aliphatic rings. The molecule has 0 spiro atoms. The predicted molar refractivity (Wildman–Crippen MR) is 79.5 cm³/mol. The first-order valence-corrected chi connectivity index (χ1v) is 7.95. The molecule has 1 heterocycles. The van der Waals surface area contributed by atoms with Gasteiger partial charge in [-0.3, -0.25) is 9.36 Å². The normalized spacial score (nSPS) is 15.2. The molecule has 0 amide bonds. The molecule has 1 aromatic rings. The summed E-state index contributed by atoms with van der Waals surface area (Å²) < 4.78 is 29.2. The molecule has 120 valence electrons. The summed E-state index contributed by atoms with van der Waals surface area (Å²) in [5, 5.41) is 0. The molecule has 9 heteroatoms. The number of hydrogen-bond donors (Lipinski definition) is 2. The summed E-state index contributed by atoms with van der Waals surface area (Å²) in [5.74, 6) is -0.0753. The fourth-order valence-corrected chi connectivity index (χ4v) is 3.42. The number of nitrogens with one attached hydrogen (secondary N) is 1.